The summed E-state index contributed by atoms with van der Waals surface area (Å²) < 4.78 is 53.5. The molecule has 2 aromatic rings. The van der Waals surface area contributed by atoms with Crippen LogP contribution in [-0.4, -0.2) is 35.0 Å². The Morgan fingerprint density at radius 2 is 1.74 bits per heavy atom. The fourth-order valence-corrected chi connectivity index (χ4v) is 3.30. The maximum absolute atomic E-state index is 12.3. The number of aryl methyl sites for hydroxylation is 2. The molecule has 1 heterocycles. The van der Waals surface area contributed by atoms with Crippen LogP contribution >= 0.6 is 0 Å². The summed E-state index contributed by atoms with van der Waals surface area (Å²) in [5.74, 6) is 0.0899. The molecule has 190 valence electrons. The van der Waals surface area contributed by atoms with Crippen LogP contribution in [0.15, 0.2) is 24.3 Å². The molecule has 0 radical (unpaired) electrons. The molecule has 1 unspecified atom stereocenters. The van der Waals surface area contributed by atoms with Gasteiger partial charge in [-0.3, -0.25) is 4.68 Å². The minimum Gasteiger partial charge on any atom is -0.451 e. The number of alkyl halides is 3. The van der Waals surface area contributed by atoms with Crippen LogP contribution in [-0.2, 0) is 26.2 Å². The maximum Gasteiger partial charge on any atom is 0.511 e. The lowest BCUT2D eigenvalue weighted by atomic mass is 9.86. The van der Waals surface area contributed by atoms with Crippen molar-refractivity contribution in [3.63, 3.8) is 0 Å². The van der Waals surface area contributed by atoms with E-state index in [-0.39, 0.29) is 16.7 Å². The van der Waals surface area contributed by atoms with Gasteiger partial charge in [0.2, 0.25) is 6.29 Å². The van der Waals surface area contributed by atoms with Gasteiger partial charge >= 0.3 is 12.3 Å². The standard InChI is InChI=1S/C25H30F3N3O4/c1-8-31-21(15(2)16(3)30-31)22(34-17(4)35-23(32)33-14-25(26,27)28)20(13-29)18-9-11-19(12-10-18)24(5,6)7/h9-12,17H,8,14H2,1-7H3/b22-20-. The molecule has 0 spiro atoms. The number of ether oxygens (including phenoxy) is 3. The Bertz CT molecular complexity index is 1120. The average molecular weight is 494 g/mol. The van der Waals surface area contributed by atoms with E-state index in [1.54, 1.807) is 23.7 Å². The molecule has 35 heavy (non-hydrogen) atoms. The summed E-state index contributed by atoms with van der Waals surface area (Å²) in [6.07, 6.45) is -7.59. The van der Waals surface area contributed by atoms with Crippen molar-refractivity contribution in [2.75, 3.05) is 6.61 Å². The number of carbonyl (C=O) groups is 1. The average Bonchev–Trinajstić information content (AvgIpc) is 3.05. The van der Waals surface area contributed by atoms with Gasteiger partial charge in [0.1, 0.15) is 17.3 Å². The normalized spacial score (nSPS) is 13.5. The molecule has 0 saturated heterocycles. The van der Waals surface area contributed by atoms with Gasteiger partial charge < -0.3 is 14.2 Å². The lowest BCUT2D eigenvalue weighted by Gasteiger charge is -2.21. The van der Waals surface area contributed by atoms with Crippen molar-refractivity contribution in [2.24, 2.45) is 0 Å². The van der Waals surface area contributed by atoms with E-state index < -0.39 is 25.2 Å². The van der Waals surface area contributed by atoms with Gasteiger partial charge in [-0.05, 0) is 37.3 Å². The maximum atomic E-state index is 12.3. The lowest BCUT2D eigenvalue weighted by molar-refractivity contribution is -0.171. The van der Waals surface area contributed by atoms with E-state index in [0.29, 0.717) is 23.5 Å². The second-order valence-electron chi connectivity index (χ2n) is 8.98. The molecule has 1 atom stereocenters. The second kappa shape index (κ2) is 10.8. The summed E-state index contributed by atoms with van der Waals surface area (Å²) in [4.78, 5) is 11.7. The largest absolute Gasteiger partial charge is 0.511 e. The van der Waals surface area contributed by atoms with Crippen LogP contribution < -0.4 is 0 Å². The smallest absolute Gasteiger partial charge is 0.451 e. The van der Waals surface area contributed by atoms with Gasteiger partial charge in [-0.1, -0.05) is 45.0 Å². The number of benzene rings is 1. The number of hydrogen-bond donors (Lipinski definition) is 0. The first-order valence-electron chi connectivity index (χ1n) is 11.0. The molecular formula is C25H30F3N3O4. The van der Waals surface area contributed by atoms with Crippen LogP contribution in [0.5, 0.6) is 0 Å². The Kier molecular flexibility index (Phi) is 8.60. The topological polar surface area (TPSA) is 86.4 Å². The van der Waals surface area contributed by atoms with Crippen LogP contribution in [0.25, 0.3) is 11.3 Å². The quantitative estimate of drug-likeness (QED) is 0.195. The molecule has 0 amide bonds. The fraction of sp³-hybridized carbons (Fsp3) is 0.480. The molecule has 0 aliphatic carbocycles. The van der Waals surface area contributed by atoms with Gasteiger partial charge in [0.15, 0.2) is 12.4 Å². The molecule has 0 N–H and O–H groups in total. The highest BCUT2D eigenvalue weighted by molar-refractivity contribution is 5.94. The predicted molar refractivity (Wildman–Crippen MR) is 124 cm³/mol. The molecule has 0 saturated carbocycles. The second-order valence-corrected chi connectivity index (χ2v) is 8.98. The Hall–Kier alpha value is -3.48. The highest BCUT2D eigenvalue weighted by Gasteiger charge is 2.31. The number of halogens is 3. The number of nitrogens with zero attached hydrogens (tertiary/aromatic N) is 3. The summed E-state index contributed by atoms with van der Waals surface area (Å²) in [7, 11) is 0. The number of carbonyl (C=O) groups excluding carboxylic acids is 1. The monoisotopic (exact) mass is 493 g/mol. The molecule has 7 nitrogen and oxygen atoms in total. The third-order valence-electron chi connectivity index (χ3n) is 5.22. The van der Waals surface area contributed by atoms with Crippen molar-refractivity contribution in [3.8, 4) is 6.07 Å². The van der Waals surface area contributed by atoms with E-state index in [0.717, 1.165) is 11.1 Å². The molecule has 0 fully saturated rings. The molecule has 1 aromatic carbocycles. The number of allylic oxidation sites excluding steroid dienone is 1. The Morgan fingerprint density at radius 3 is 2.23 bits per heavy atom. The van der Waals surface area contributed by atoms with Crippen molar-refractivity contribution in [1.29, 1.82) is 5.26 Å². The third kappa shape index (κ3) is 7.25. The molecule has 0 aliphatic rings. The van der Waals surface area contributed by atoms with Crippen molar-refractivity contribution < 1.29 is 32.2 Å². The first-order valence-corrected chi connectivity index (χ1v) is 11.0. The third-order valence-corrected chi connectivity index (χ3v) is 5.22. The van der Waals surface area contributed by atoms with Crippen LogP contribution in [0, 0.1) is 25.2 Å². The van der Waals surface area contributed by atoms with Gasteiger partial charge in [-0.2, -0.15) is 23.5 Å². The van der Waals surface area contributed by atoms with Crippen LogP contribution in [0.1, 0.15) is 62.7 Å². The van der Waals surface area contributed by atoms with Crippen molar-refractivity contribution in [3.05, 3.63) is 52.3 Å². The highest BCUT2D eigenvalue weighted by atomic mass is 19.4. The number of hydrogen-bond acceptors (Lipinski definition) is 6. The SMILES string of the molecule is CCn1nc(C)c(C)c1/C(OC(C)OC(=O)OCC(F)(F)F)=C(\C#N)c1ccc(C(C)(C)C)cc1. The van der Waals surface area contributed by atoms with E-state index in [2.05, 4.69) is 36.7 Å². The molecule has 10 heteroatoms. The molecular weight excluding hydrogens is 463 g/mol. The highest BCUT2D eigenvalue weighted by Crippen LogP contribution is 2.33. The van der Waals surface area contributed by atoms with Gasteiger partial charge in [0.05, 0.1) is 5.69 Å². The number of nitriles is 1. The summed E-state index contributed by atoms with van der Waals surface area (Å²) in [5, 5.41) is 14.6. The van der Waals surface area contributed by atoms with Gasteiger partial charge in [0, 0.05) is 19.0 Å². The van der Waals surface area contributed by atoms with Gasteiger partial charge in [-0.15, -0.1) is 0 Å². The van der Waals surface area contributed by atoms with E-state index in [4.69, 9.17) is 9.47 Å². The molecule has 2 rings (SSSR count). The first kappa shape index (κ1) is 27.8. The summed E-state index contributed by atoms with van der Waals surface area (Å²) >= 11 is 0. The van der Waals surface area contributed by atoms with E-state index in [1.165, 1.54) is 6.92 Å². The Balaban J connectivity index is 2.53. The van der Waals surface area contributed by atoms with E-state index in [1.807, 2.05) is 26.0 Å². The van der Waals surface area contributed by atoms with E-state index >= 15 is 0 Å². The zero-order chi connectivity index (χ0) is 26.6. The predicted octanol–water partition coefficient (Wildman–Crippen LogP) is 6.29. The molecule has 1 aromatic heterocycles. The Labute approximate surface area is 203 Å². The number of rotatable bonds is 7. The number of aromatic nitrogens is 2. The zero-order valence-corrected chi connectivity index (χ0v) is 20.9. The van der Waals surface area contributed by atoms with Gasteiger partial charge in [-0.25, -0.2) is 4.79 Å². The minimum absolute atomic E-state index is 0.0899. The summed E-state index contributed by atoms with van der Waals surface area (Å²) in [5.41, 5.74) is 3.64. The molecule has 0 bridgehead atoms. The molecule has 0 aliphatic heterocycles. The van der Waals surface area contributed by atoms with Crippen LogP contribution in [0.4, 0.5) is 18.0 Å². The van der Waals surface area contributed by atoms with Crippen LogP contribution in [0.3, 0.4) is 0 Å². The van der Waals surface area contributed by atoms with Crippen molar-refractivity contribution >= 4 is 17.5 Å². The zero-order valence-electron chi connectivity index (χ0n) is 20.9. The summed E-state index contributed by atoms with van der Waals surface area (Å²) in [6.45, 7) is 11.7. The first-order chi connectivity index (χ1) is 16.2. The van der Waals surface area contributed by atoms with Gasteiger partial charge in [0.25, 0.3) is 0 Å². The van der Waals surface area contributed by atoms with E-state index in [9.17, 15) is 23.2 Å². The van der Waals surface area contributed by atoms with Crippen molar-refractivity contribution in [1.82, 2.24) is 9.78 Å². The van der Waals surface area contributed by atoms with Crippen molar-refractivity contribution in [2.45, 2.75) is 72.9 Å². The summed E-state index contributed by atoms with van der Waals surface area (Å²) in [6, 6.07) is 9.57. The Morgan fingerprint density at radius 1 is 1.14 bits per heavy atom. The fourth-order valence-electron chi connectivity index (χ4n) is 3.30. The van der Waals surface area contributed by atoms with Crippen LogP contribution in [0.2, 0.25) is 0 Å². The lowest BCUT2D eigenvalue weighted by Crippen LogP contribution is -2.24. The minimum atomic E-state index is -4.69.